The van der Waals surface area contributed by atoms with Crippen LogP contribution < -0.4 is 21.3 Å². The molecule has 27 heavy (non-hydrogen) atoms. The van der Waals surface area contributed by atoms with Gasteiger partial charge in [-0.2, -0.15) is 0 Å². The number of anilines is 1. The number of aromatic amines is 2. The van der Waals surface area contributed by atoms with Crippen LogP contribution in [0.25, 0.3) is 0 Å². The monoisotopic (exact) mass is 392 g/mol. The number of amides is 1. The van der Waals surface area contributed by atoms with E-state index in [9.17, 15) is 22.8 Å². The Morgan fingerprint density at radius 2 is 1.78 bits per heavy atom. The number of hydrogen-bond donors (Lipinski definition) is 4. The van der Waals surface area contributed by atoms with Crippen molar-refractivity contribution in [1.29, 1.82) is 0 Å². The fourth-order valence-electron chi connectivity index (χ4n) is 3.08. The molecule has 144 valence electrons. The summed E-state index contributed by atoms with van der Waals surface area (Å²) in [6, 6.07) is 6.21. The first-order valence-electron chi connectivity index (χ1n) is 8.61. The van der Waals surface area contributed by atoms with Gasteiger partial charge in [0.15, 0.2) is 4.90 Å². The second-order valence-electron chi connectivity index (χ2n) is 6.40. The third-order valence-electron chi connectivity index (χ3n) is 4.43. The fourth-order valence-corrected chi connectivity index (χ4v) is 4.16. The van der Waals surface area contributed by atoms with Crippen molar-refractivity contribution in [3.63, 3.8) is 0 Å². The number of aromatic nitrogens is 2. The van der Waals surface area contributed by atoms with Crippen LogP contribution in [0.2, 0.25) is 0 Å². The molecule has 1 aromatic heterocycles. The first kappa shape index (κ1) is 18.9. The maximum Gasteiger partial charge on any atom is 0.325 e. The van der Waals surface area contributed by atoms with Crippen molar-refractivity contribution in [2.75, 3.05) is 4.72 Å². The summed E-state index contributed by atoms with van der Waals surface area (Å²) >= 11 is 0. The minimum absolute atomic E-state index is 0.0522. The molecule has 9 nitrogen and oxygen atoms in total. The average molecular weight is 392 g/mol. The number of carbonyl (C=O) groups is 1. The molecule has 1 aliphatic carbocycles. The third-order valence-corrected chi connectivity index (χ3v) is 5.80. The first-order chi connectivity index (χ1) is 12.9. The Morgan fingerprint density at radius 1 is 1.07 bits per heavy atom. The van der Waals surface area contributed by atoms with Gasteiger partial charge < -0.3 is 10.3 Å². The number of carbonyl (C=O) groups excluding carboxylic acids is 1. The van der Waals surface area contributed by atoms with Gasteiger partial charge in [-0.3, -0.25) is 19.3 Å². The number of sulfonamides is 1. The Kier molecular flexibility index (Phi) is 5.45. The van der Waals surface area contributed by atoms with Crippen LogP contribution in [0.1, 0.15) is 42.5 Å². The van der Waals surface area contributed by atoms with E-state index in [1.54, 1.807) is 12.1 Å². The molecular weight excluding hydrogens is 372 g/mol. The zero-order chi connectivity index (χ0) is 19.4. The van der Waals surface area contributed by atoms with Crippen LogP contribution in [0.4, 0.5) is 5.69 Å². The van der Waals surface area contributed by atoms with Crippen LogP contribution in [0.5, 0.6) is 0 Å². The highest BCUT2D eigenvalue weighted by Gasteiger charge is 2.23. The van der Waals surface area contributed by atoms with Gasteiger partial charge in [0, 0.05) is 12.2 Å². The van der Waals surface area contributed by atoms with Crippen LogP contribution in [0, 0.1) is 0 Å². The normalized spacial score (nSPS) is 15.3. The summed E-state index contributed by atoms with van der Waals surface area (Å²) < 4.78 is 27.3. The van der Waals surface area contributed by atoms with Crippen LogP contribution in [-0.4, -0.2) is 30.3 Å². The highest BCUT2D eigenvalue weighted by atomic mass is 32.2. The van der Waals surface area contributed by atoms with E-state index in [4.69, 9.17) is 0 Å². The van der Waals surface area contributed by atoms with E-state index in [0.29, 0.717) is 0 Å². The molecular formula is C17H20N4O5S. The SMILES string of the molecule is O=C(NC1CCCCC1)c1ccccc1NS(=O)(=O)c1c[nH]c(=O)[nH]c1=O. The summed E-state index contributed by atoms with van der Waals surface area (Å²) in [5.41, 5.74) is -1.65. The van der Waals surface area contributed by atoms with E-state index in [1.807, 2.05) is 4.98 Å². The molecule has 1 heterocycles. The summed E-state index contributed by atoms with van der Waals surface area (Å²) in [4.78, 5) is 38.8. The van der Waals surface area contributed by atoms with Crippen LogP contribution in [-0.2, 0) is 10.0 Å². The fraction of sp³-hybridized carbons (Fsp3) is 0.353. The topological polar surface area (TPSA) is 141 Å². The molecule has 1 amide bonds. The molecule has 1 fully saturated rings. The van der Waals surface area contributed by atoms with Crippen molar-refractivity contribution in [3.8, 4) is 0 Å². The standard InChI is InChI=1S/C17H20N4O5S/c22-15(19-11-6-2-1-3-7-11)12-8-4-5-9-13(12)21-27(25,26)14-10-18-17(24)20-16(14)23/h4-5,8-11,21H,1-3,6-7H2,(H,19,22)(H2,18,20,23,24). The van der Waals surface area contributed by atoms with Crippen molar-refractivity contribution >= 4 is 21.6 Å². The zero-order valence-corrected chi connectivity index (χ0v) is 15.3. The number of benzene rings is 1. The molecule has 0 unspecified atom stereocenters. The second kappa shape index (κ2) is 7.78. The number of rotatable bonds is 5. The lowest BCUT2D eigenvalue weighted by molar-refractivity contribution is 0.0928. The number of para-hydroxylation sites is 1. The minimum Gasteiger partial charge on any atom is -0.349 e. The van der Waals surface area contributed by atoms with Gasteiger partial charge in [0.25, 0.3) is 21.5 Å². The van der Waals surface area contributed by atoms with E-state index >= 15 is 0 Å². The molecule has 2 aromatic rings. The Morgan fingerprint density at radius 3 is 2.48 bits per heavy atom. The van der Waals surface area contributed by atoms with E-state index in [1.165, 1.54) is 12.1 Å². The molecule has 0 spiro atoms. The molecule has 0 atom stereocenters. The average Bonchev–Trinajstić information content (AvgIpc) is 2.62. The van der Waals surface area contributed by atoms with Crippen LogP contribution >= 0.6 is 0 Å². The highest BCUT2D eigenvalue weighted by Crippen LogP contribution is 2.21. The van der Waals surface area contributed by atoms with Gasteiger partial charge in [0.05, 0.1) is 11.3 Å². The number of nitrogens with one attached hydrogen (secondary N) is 4. The van der Waals surface area contributed by atoms with Gasteiger partial charge >= 0.3 is 5.69 Å². The molecule has 3 rings (SSSR count). The first-order valence-corrected chi connectivity index (χ1v) is 10.1. The van der Waals surface area contributed by atoms with Crippen LogP contribution in [0.3, 0.4) is 0 Å². The molecule has 1 aliphatic rings. The maximum absolute atomic E-state index is 12.6. The quantitative estimate of drug-likeness (QED) is 0.599. The zero-order valence-electron chi connectivity index (χ0n) is 14.4. The lowest BCUT2D eigenvalue weighted by Gasteiger charge is -2.23. The van der Waals surface area contributed by atoms with E-state index in [0.717, 1.165) is 38.3 Å². The Hall–Kier alpha value is -2.88. The lowest BCUT2D eigenvalue weighted by atomic mass is 9.95. The predicted octanol–water partition coefficient (Wildman–Crippen LogP) is 0.926. The predicted molar refractivity (Wildman–Crippen MR) is 99.3 cm³/mol. The van der Waals surface area contributed by atoms with Gasteiger partial charge in [-0.15, -0.1) is 0 Å². The summed E-state index contributed by atoms with van der Waals surface area (Å²) in [6.45, 7) is 0. The van der Waals surface area contributed by atoms with Crippen molar-refractivity contribution in [2.45, 2.75) is 43.0 Å². The minimum atomic E-state index is -4.29. The number of H-pyrrole nitrogens is 2. The molecule has 0 aliphatic heterocycles. The molecule has 10 heteroatoms. The molecule has 0 bridgehead atoms. The van der Waals surface area contributed by atoms with Gasteiger partial charge in [0.1, 0.15) is 0 Å². The van der Waals surface area contributed by atoms with Crippen molar-refractivity contribution in [2.24, 2.45) is 0 Å². The Labute approximate surface area is 155 Å². The molecule has 4 N–H and O–H groups in total. The van der Waals surface area contributed by atoms with Gasteiger partial charge in [0.2, 0.25) is 0 Å². The van der Waals surface area contributed by atoms with Crippen molar-refractivity contribution in [3.05, 3.63) is 56.9 Å². The molecule has 1 aromatic carbocycles. The number of hydrogen-bond acceptors (Lipinski definition) is 5. The van der Waals surface area contributed by atoms with E-state index in [2.05, 4.69) is 15.0 Å². The van der Waals surface area contributed by atoms with Gasteiger partial charge in [-0.25, -0.2) is 13.2 Å². The summed E-state index contributed by atoms with van der Waals surface area (Å²) in [7, 11) is -4.29. The molecule has 0 saturated heterocycles. The molecule has 1 saturated carbocycles. The third kappa shape index (κ3) is 4.45. The summed E-state index contributed by atoms with van der Waals surface area (Å²) in [5.74, 6) is -0.379. The van der Waals surface area contributed by atoms with Gasteiger partial charge in [-0.1, -0.05) is 31.4 Å². The summed E-state index contributed by atoms with van der Waals surface area (Å²) in [6.07, 6.45) is 5.85. The van der Waals surface area contributed by atoms with Crippen molar-refractivity contribution < 1.29 is 13.2 Å². The van der Waals surface area contributed by atoms with E-state index in [-0.39, 0.29) is 23.2 Å². The highest BCUT2D eigenvalue weighted by molar-refractivity contribution is 7.92. The second-order valence-corrected chi connectivity index (χ2v) is 8.05. The maximum atomic E-state index is 12.6. The largest absolute Gasteiger partial charge is 0.349 e. The molecule has 0 radical (unpaired) electrons. The Balaban J connectivity index is 1.86. The van der Waals surface area contributed by atoms with Crippen LogP contribution in [0.15, 0.2) is 44.9 Å². The lowest BCUT2D eigenvalue weighted by Crippen LogP contribution is -2.36. The Bertz CT molecular complexity index is 1050. The smallest absolute Gasteiger partial charge is 0.325 e. The van der Waals surface area contributed by atoms with Gasteiger partial charge in [-0.05, 0) is 25.0 Å². The summed E-state index contributed by atoms with van der Waals surface area (Å²) in [5, 5.41) is 2.93. The van der Waals surface area contributed by atoms with Crippen molar-refractivity contribution in [1.82, 2.24) is 15.3 Å². The van der Waals surface area contributed by atoms with E-state index < -0.39 is 26.2 Å².